The molecule has 0 aromatic heterocycles. The molecule has 0 saturated heterocycles. The summed E-state index contributed by atoms with van der Waals surface area (Å²) in [5.41, 5.74) is 1.40. The molecule has 2 aromatic rings. The lowest BCUT2D eigenvalue weighted by atomic mass is 10.0. The van der Waals surface area contributed by atoms with Gasteiger partial charge in [0.05, 0.1) is 11.6 Å². The molecule has 2 aromatic carbocycles. The van der Waals surface area contributed by atoms with Crippen LogP contribution in [-0.4, -0.2) is 8.42 Å². The van der Waals surface area contributed by atoms with Crippen molar-refractivity contribution in [2.45, 2.75) is 24.7 Å². The van der Waals surface area contributed by atoms with E-state index in [1.807, 2.05) is 19.9 Å². The van der Waals surface area contributed by atoms with Crippen LogP contribution in [0.25, 0.3) is 0 Å². The molecule has 0 bridgehead atoms. The highest BCUT2D eigenvalue weighted by Crippen LogP contribution is 2.21. The van der Waals surface area contributed by atoms with E-state index in [1.165, 1.54) is 24.3 Å². The van der Waals surface area contributed by atoms with Crippen molar-refractivity contribution in [3.63, 3.8) is 0 Å². The highest BCUT2D eigenvalue weighted by molar-refractivity contribution is 7.87. The van der Waals surface area contributed by atoms with Crippen LogP contribution >= 0.6 is 0 Å². The highest BCUT2D eigenvalue weighted by atomic mass is 32.2. The monoisotopic (exact) mass is 301 g/mol. The fourth-order valence-corrected chi connectivity index (χ4v) is 2.73. The summed E-state index contributed by atoms with van der Waals surface area (Å²) in [5.74, 6) is 0.456. The van der Waals surface area contributed by atoms with Gasteiger partial charge in [-0.3, -0.25) is 0 Å². The third-order valence-electron chi connectivity index (χ3n) is 3.00. The Bertz CT molecular complexity index is 772. The van der Waals surface area contributed by atoms with E-state index >= 15 is 0 Å². The third kappa shape index (κ3) is 3.61. The van der Waals surface area contributed by atoms with Crippen LogP contribution in [0.15, 0.2) is 53.4 Å². The summed E-state index contributed by atoms with van der Waals surface area (Å²) in [6.45, 7) is 4.07. The van der Waals surface area contributed by atoms with Gasteiger partial charge in [0.25, 0.3) is 0 Å². The minimum Gasteiger partial charge on any atom is -0.379 e. The molecule has 0 fully saturated rings. The van der Waals surface area contributed by atoms with Crippen molar-refractivity contribution in [1.29, 1.82) is 5.26 Å². The summed E-state index contributed by atoms with van der Waals surface area (Å²) < 4.78 is 29.4. The van der Waals surface area contributed by atoms with E-state index in [9.17, 15) is 8.42 Å². The van der Waals surface area contributed by atoms with Gasteiger partial charge >= 0.3 is 10.1 Å². The molecule has 2 rings (SSSR count). The number of benzene rings is 2. The van der Waals surface area contributed by atoms with Crippen LogP contribution in [0.5, 0.6) is 5.75 Å². The van der Waals surface area contributed by atoms with Crippen molar-refractivity contribution < 1.29 is 12.6 Å². The molecule has 0 spiro atoms. The molecule has 0 heterocycles. The zero-order chi connectivity index (χ0) is 15.5. The first-order valence-corrected chi connectivity index (χ1v) is 7.88. The fourth-order valence-electron chi connectivity index (χ4n) is 1.81. The smallest absolute Gasteiger partial charge is 0.339 e. The second-order valence-electron chi connectivity index (χ2n) is 4.90. The first-order valence-electron chi connectivity index (χ1n) is 6.47. The molecule has 0 saturated carbocycles. The maximum absolute atomic E-state index is 12.2. The Balaban J connectivity index is 2.27. The molecular weight excluding hydrogens is 286 g/mol. The van der Waals surface area contributed by atoms with Gasteiger partial charge in [0.1, 0.15) is 10.6 Å². The van der Waals surface area contributed by atoms with Gasteiger partial charge in [-0.05, 0) is 41.8 Å². The highest BCUT2D eigenvalue weighted by Gasteiger charge is 2.17. The summed E-state index contributed by atoms with van der Waals surface area (Å²) >= 11 is 0. The van der Waals surface area contributed by atoms with Gasteiger partial charge in [-0.1, -0.05) is 32.0 Å². The van der Waals surface area contributed by atoms with E-state index in [0.717, 1.165) is 5.56 Å². The number of hydrogen-bond acceptors (Lipinski definition) is 4. The van der Waals surface area contributed by atoms with E-state index in [4.69, 9.17) is 9.44 Å². The Morgan fingerprint density at radius 1 is 1.10 bits per heavy atom. The molecule has 0 N–H and O–H groups in total. The number of hydrogen-bond donors (Lipinski definition) is 0. The SMILES string of the molecule is CC(C)c1ccc(S(=O)(=O)Oc2cccc(C#N)c2)cc1. The van der Waals surface area contributed by atoms with Crippen molar-refractivity contribution in [3.8, 4) is 11.8 Å². The molecule has 0 unspecified atom stereocenters. The molecule has 0 aliphatic carbocycles. The second-order valence-corrected chi connectivity index (χ2v) is 6.45. The topological polar surface area (TPSA) is 67.2 Å². The Morgan fingerprint density at radius 3 is 2.33 bits per heavy atom. The van der Waals surface area contributed by atoms with E-state index in [1.54, 1.807) is 24.3 Å². The zero-order valence-corrected chi connectivity index (χ0v) is 12.6. The van der Waals surface area contributed by atoms with Crippen LogP contribution in [0.1, 0.15) is 30.9 Å². The predicted molar refractivity (Wildman–Crippen MR) is 79.5 cm³/mol. The lowest BCUT2D eigenvalue weighted by Crippen LogP contribution is -2.10. The van der Waals surface area contributed by atoms with Gasteiger partial charge in [0.15, 0.2) is 0 Å². The van der Waals surface area contributed by atoms with Crippen molar-refractivity contribution in [3.05, 3.63) is 59.7 Å². The molecule has 0 radical (unpaired) electrons. The van der Waals surface area contributed by atoms with E-state index in [2.05, 4.69) is 0 Å². The second kappa shape index (κ2) is 5.98. The lowest BCUT2D eigenvalue weighted by molar-refractivity contribution is 0.486. The minimum absolute atomic E-state index is 0.0919. The van der Waals surface area contributed by atoms with Gasteiger partial charge in [-0.15, -0.1) is 0 Å². The fraction of sp³-hybridized carbons (Fsp3) is 0.188. The quantitative estimate of drug-likeness (QED) is 0.811. The molecular formula is C16H15NO3S. The zero-order valence-electron chi connectivity index (χ0n) is 11.8. The van der Waals surface area contributed by atoms with E-state index in [-0.39, 0.29) is 10.6 Å². The van der Waals surface area contributed by atoms with Crippen LogP contribution in [0, 0.1) is 11.3 Å². The van der Waals surface area contributed by atoms with E-state index < -0.39 is 10.1 Å². The first-order chi connectivity index (χ1) is 9.92. The third-order valence-corrected chi connectivity index (χ3v) is 4.27. The van der Waals surface area contributed by atoms with Crippen molar-refractivity contribution in [2.24, 2.45) is 0 Å². The normalized spacial score (nSPS) is 11.1. The van der Waals surface area contributed by atoms with Crippen molar-refractivity contribution >= 4 is 10.1 Å². The summed E-state index contributed by atoms with van der Waals surface area (Å²) in [7, 11) is -3.89. The molecule has 0 amide bonds. The van der Waals surface area contributed by atoms with Gasteiger partial charge in [0, 0.05) is 0 Å². The molecule has 5 heteroatoms. The lowest BCUT2D eigenvalue weighted by Gasteiger charge is -2.09. The summed E-state index contributed by atoms with van der Waals surface area (Å²) in [4.78, 5) is 0.0919. The Labute approximate surface area is 124 Å². The number of rotatable bonds is 4. The van der Waals surface area contributed by atoms with Crippen LogP contribution in [0.3, 0.4) is 0 Å². The van der Waals surface area contributed by atoms with Crippen LogP contribution in [-0.2, 0) is 10.1 Å². The Kier molecular flexibility index (Phi) is 4.29. The molecule has 0 aliphatic heterocycles. The van der Waals surface area contributed by atoms with Gasteiger partial charge in [0.2, 0.25) is 0 Å². The van der Waals surface area contributed by atoms with Gasteiger partial charge in [-0.25, -0.2) is 0 Å². The largest absolute Gasteiger partial charge is 0.379 e. The average molecular weight is 301 g/mol. The molecule has 4 nitrogen and oxygen atoms in total. The maximum Gasteiger partial charge on any atom is 0.339 e. The van der Waals surface area contributed by atoms with Crippen molar-refractivity contribution in [1.82, 2.24) is 0 Å². The first kappa shape index (κ1) is 15.1. The van der Waals surface area contributed by atoms with E-state index in [0.29, 0.717) is 11.5 Å². The Morgan fingerprint density at radius 2 is 1.76 bits per heavy atom. The number of nitrogens with zero attached hydrogens (tertiary/aromatic N) is 1. The molecule has 21 heavy (non-hydrogen) atoms. The van der Waals surface area contributed by atoms with Gasteiger partial charge in [-0.2, -0.15) is 13.7 Å². The van der Waals surface area contributed by atoms with Crippen molar-refractivity contribution in [2.75, 3.05) is 0 Å². The Hall–Kier alpha value is -2.32. The molecule has 0 atom stereocenters. The predicted octanol–water partition coefficient (Wildman–Crippen LogP) is 3.45. The van der Waals surface area contributed by atoms with Crippen LogP contribution in [0.2, 0.25) is 0 Å². The van der Waals surface area contributed by atoms with Gasteiger partial charge < -0.3 is 4.18 Å². The summed E-state index contributed by atoms with van der Waals surface area (Å²) in [6, 6.07) is 14.6. The summed E-state index contributed by atoms with van der Waals surface area (Å²) in [6.07, 6.45) is 0. The summed E-state index contributed by atoms with van der Waals surface area (Å²) in [5, 5.41) is 8.80. The molecule has 108 valence electrons. The standard InChI is InChI=1S/C16H15NO3S/c1-12(2)14-6-8-16(9-7-14)21(18,19)20-15-5-3-4-13(10-15)11-17/h3-10,12H,1-2H3. The average Bonchev–Trinajstić information content (AvgIpc) is 2.47. The maximum atomic E-state index is 12.2. The minimum atomic E-state index is -3.89. The van der Waals surface area contributed by atoms with Crippen LogP contribution < -0.4 is 4.18 Å². The van der Waals surface area contributed by atoms with Crippen LogP contribution in [0.4, 0.5) is 0 Å². The number of nitriles is 1. The molecule has 0 aliphatic rings.